The zero-order chi connectivity index (χ0) is 7.40. The first-order valence-electron chi connectivity index (χ1n) is 2.94. The number of nitrogens with two attached hydrogens (primary N) is 1. The van der Waals surface area contributed by atoms with E-state index in [1.165, 1.54) is 18.6 Å². The molecule has 1 aromatic heterocycles. The van der Waals surface area contributed by atoms with Crippen LogP contribution in [0.2, 0.25) is 0 Å². The lowest BCUT2D eigenvalue weighted by Crippen LogP contribution is -2.08. The maximum atomic E-state index is 12.6. The van der Waals surface area contributed by atoms with Crippen LogP contribution in [0.15, 0.2) is 18.6 Å². The van der Waals surface area contributed by atoms with Crippen molar-refractivity contribution in [2.75, 3.05) is 6.54 Å². The van der Waals surface area contributed by atoms with Gasteiger partial charge in [-0.25, -0.2) is 14.4 Å². The van der Waals surface area contributed by atoms with E-state index in [4.69, 9.17) is 5.73 Å². The molecule has 0 saturated heterocycles. The van der Waals surface area contributed by atoms with Gasteiger partial charge in [0.15, 0.2) is 6.17 Å². The Morgan fingerprint density at radius 2 is 2.50 bits per heavy atom. The third-order valence-electron chi connectivity index (χ3n) is 1.13. The van der Waals surface area contributed by atoms with Crippen molar-refractivity contribution >= 4 is 0 Å². The average molecular weight is 141 g/mol. The lowest BCUT2D eigenvalue weighted by atomic mass is 10.3. The topological polar surface area (TPSA) is 51.8 Å². The maximum Gasteiger partial charge on any atom is 0.154 e. The number of aromatic nitrogens is 2. The number of hydrogen-bond donors (Lipinski definition) is 1. The second-order valence-corrected chi connectivity index (χ2v) is 1.84. The molecule has 0 saturated carbocycles. The summed E-state index contributed by atoms with van der Waals surface area (Å²) in [7, 11) is 0. The fraction of sp³-hybridized carbons (Fsp3) is 0.333. The normalized spacial score (nSPS) is 13.0. The van der Waals surface area contributed by atoms with Gasteiger partial charge in [-0.3, -0.25) is 0 Å². The van der Waals surface area contributed by atoms with Crippen molar-refractivity contribution in [3.8, 4) is 0 Å². The first-order chi connectivity index (χ1) is 4.84. The number of nitrogens with zero attached hydrogens (tertiary/aromatic N) is 2. The maximum absolute atomic E-state index is 12.6. The van der Waals surface area contributed by atoms with Gasteiger partial charge < -0.3 is 5.73 Å². The molecule has 0 aliphatic rings. The van der Waals surface area contributed by atoms with Crippen LogP contribution < -0.4 is 5.73 Å². The van der Waals surface area contributed by atoms with Crippen LogP contribution >= 0.6 is 0 Å². The summed E-state index contributed by atoms with van der Waals surface area (Å²) >= 11 is 0. The minimum Gasteiger partial charge on any atom is -0.327 e. The van der Waals surface area contributed by atoms with Crippen LogP contribution in [0.1, 0.15) is 11.9 Å². The van der Waals surface area contributed by atoms with E-state index < -0.39 is 6.17 Å². The number of alkyl halides is 1. The van der Waals surface area contributed by atoms with Gasteiger partial charge in [0.05, 0.1) is 5.69 Å². The highest BCUT2D eigenvalue weighted by Crippen LogP contribution is 2.10. The molecule has 1 heterocycles. The summed E-state index contributed by atoms with van der Waals surface area (Å²) in [5, 5.41) is 0. The predicted molar refractivity (Wildman–Crippen MR) is 34.9 cm³/mol. The fourth-order valence-corrected chi connectivity index (χ4v) is 0.607. The molecular weight excluding hydrogens is 133 g/mol. The zero-order valence-electron chi connectivity index (χ0n) is 5.37. The first kappa shape index (κ1) is 7.08. The van der Waals surface area contributed by atoms with Crippen LogP contribution in [0.4, 0.5) is 4.39 Å². The second kappa shape index (κ2) is 3.22. The molecule has 1 atom stereocenters. The Labute approximate surface area is 58.1 Å². The predicted octanol–water partition coefficient (Wildman–Crippen LogP) is 0.446. The van der Waals surface area contributed by atoms with Gasteiger partial charge in [0.2, 0.25) is 0 Å². The smallest absolute Gasteiger partial charge is 0.154 e. The molecule has 4 heteroatoms. The summed E-state index contributed by atoms with van der Waals surface area (Å²) < 4.78 is 12.6. The van der Waals surface area contributed by atoms with Gasteiger partial charge in [-0.1, -0.05) is 0 Å². The zero-order valence-corrected chi connectivity index (χ0v) is 5.37. The van der Waals surface area contributed by atoms with Crippen LogP contribution in [-0.2, 0) is 0 Å². The Morgan fingerprint density at radius 3 is 3.00 bits per heavy atom. The highest BCUT2D eigenvalue weighted by molar-refractivity contribution is 5.01. The molecule has 0 aromatic carbocycles. The Hall–Kier alpha value is -1.03. The molecule has 0 amide bonds. The van der Waals surface area contributed by atoms with Crippen molar-refractivity contribution in [1.82, 2.24) is 9.97 Å². The summed E-state index contributed by atoms with van der Waals surface area (Å²) in [5.41, 5.74) is 5.41. The Balaban J connectivity index is 2.75. The highest BCUT2D eigenvalue weighted by Gasteiger charge is 2.06. The first-order valence-corrected chi connectivity index (χ1v) is 2.94. The molecule has 10 heavy (non-hydrogen) atoms. The molecule has 1 unspecified atom stereocenters. The van der Waals surface area contributed by atoms with Gasteiger partial charge in [-0.15, -0.1) is 0 Å². The van der Waals surface area contributed by atoms with Crippen molar-refractivity contribution in [2.24, 2.45) is 5.73 Å². The molecule has 1 aromatic rings. The molecule has 3 nitrogen and oxygen atoms in total. The highest BCUT2D eigenvalue weighted by atomic mass is 19.1. The third kappa shape index (κ3) is 1.48. The van der Waals surface area contributed by atoms with Gasteiger partial charge >= 0.3 is 0 Å². The minimum absolute atomic E-state index is 0.0307. The van der Waals surface area contributed by atoms with E-state index in [1.807, 2.05) is 0 Å². The van der Waals surface area contributed by atoms with E-state index in [1.54, 1.807) is 0 Å². The Bertz CT molecular complexity index is 189. The van der Waals surface area contributed by atoms with E-state index in [2.05, 4.69) is 9.97 Å². The molecule has 0 aliphatic heterocycles. The molecular formula is C6H8FN3. The molecule has 0 bridgehead atoms. The van der Waals surface area contributed by atoms with Gasteiger partial charge in [0, 0.05) is 12.7 Å². The fourth-order valence-electron chi connectivity index (χ4n) is 0.607. The third-order valence-corrected chi connectivity index (χ3v) is 1.13. The van der Waals surface area contributed by atoms with Crippen LogP contribution in [0, 0.1) is 0 Å². The number of halogens is 1. The standard InChI is InChI=1S/C6H8FN3/c7-5(3-8)6-1-2-9-4-10-6/h1-2,4-5H,3,8H2. The Kier molecular flexibility index (Phi) is 2.28. The summed E-state index contributed by atoms with van der Waals surface area (Å²) in [5.74, 6) is 0. The van der Waals surface area contributed by atoms with Crippen molar-refractivity contribution in [1.29, 1.82) is 0 Å². The van der Waals surface area contributed by atoms with Gasteiger partial charge in [0.1, 0.15) is 6.33 Å². The van der Waals surface area contributed by atoms with Crippen molar-refractivity contribution in [2.45, 2.75) is 6.17 Å². The molecule has 0 fully saturated rings. The van der Waals surface area contributed by atoms with Crippen LogP contribution in [0.25, 0.3) is 0 Å². The molecule has 2 N–H and O–H groups in total. The van der Waals surface area contributed by atoms with Gasteiger partial charge in [-0.2, -0.15) is 0 Å². The van der Waals surface area contributed by atoms with Gasteiger partial charge in [-0.05, 0) is 6.07 Å². The lowest BCUT2D eigenvalue weighted by molar-refractivity contribution is 0.344. The molecule has 0 aliphatic carbocycles. The lowest BCUT2D eigenvalue weighted by Gasteiger charge is -2.01. The summed E-state index contributed by atoms with van der Waals surface area (Å²) in [6.45, 7) is -0.0307. The summed E-state index contributed by atoms with van der Waals surface area (Å²) in [6.07, 6.45) is 1.63. The Morgan fingerprint density at radius 1 is 1.70 bits per heavy atom. The summed E-state index contributed by atoms with van der Waals surface area (Å²) in [6, 6.07) is 1.51. The van der Waals surface area contributed by atoms with Crippen LogP contribution in [0.5, 0.6) is 0 Å². The number of rotatable bonds is 2. The van der Waals surface area contributed by atoms with Crippen molar-refractivity contribution in [3.63, 3.8) is 0 Å². The quantitative estimate of drug-likeness (QED) is 0.650. The van der Waals surface area contributed by atoms with Crippen LogP contribution in [0.3, 0.4) is 0 Å². The molecule has 1 rings (SSSR count). The van der Waals surface area contributed by atoms with E-state index in [9.17, 15) is 4.39 Å². The van der Waals surface area contributed by atoms with Crippen molar-refractivity contribution < 1.29 is 4.39 Å². The monoisotopic (exact) mass is 141 g/mol. The van der Waals surface area contributed by atoms with E-state index in [0.717, 1.165) is 0 Å². The largest absolute Gasteiger partial charge is 0.327 e. The summed E-state index contributed by atoms with van der Waals surface area (Å²) in [4.78, 5) is 7.33. The SMILES string of the molecule is NCC(F)c1ccncn1. The number of hydrogen-bond acceptors (Lipinski definition) is 3. The second-order valence-electron chi connectivity index (χ2n) is 1.84. The molecule has 54 valence electrons. The van der Waals surface area contributed by atoms with E-state index in [-0.39, 0.29) is 6.54 Å². The molecule has 0 radical (unpaired) electrons. The average Bonchev–Trinajstić information content (AvgIpc) is 2.05. The molecule has 0 spiro atoms. The van der Waals surface area contributed by atoms with E-state index >= 15 is 0 Å². The van der Waals surface area contributed by atoms with Crippen LogP contribution in [-0.4, -0.2) is 16.5 Å². The van der Waals surface area contributed by atoms with E-state index in [0.29, 0.717) is 5.69 Å². The van der Waals surface area contributed by atoms with Gasteiger partial charge in [0.25, 0.3) is 0 Å². The minimum atomic E-state index is -1.16. The van der Waals surface area contributed by atoms with Crippen molar-refractivity contribution in [3.05, 3.63) is 24.3 Å².